The number of benzene rings is 1. The van der Waals surface area contributed by atoms with Crippen LogP contribution in [0, 0.1) is 5.82 Å². The topological polar surface area (TPSA) is 24.9 Å². The average molecular weight is 318 g/mol. The van der Waals surface area contributed by atoms with Gasteiger partial charge in [-0.05, 0) is 31.5 Å². The fourth-order valence-corrected chi connectivity index (χ4v) is 2.65. The Labute approximate surface area is 123 Å². The van der Waals surface area contributed by atoms with Gasteiger partial charge in [-0.3, -0.25) is 0 Å². The van der Waals surface area contributed by atoms with Crippen LogP contribution in [-0.4, -0.2) is 4.98 Å². The molecule has 0 aliphatic heterocycles. The van der Waals surface area contributed by atoms with Crippen LogP contribution < -0.4 is 5.32 Å². The predicted octanol–water partition coefficient (Wildman–Crippen LogP) is 5.04. The number of aryl methyl sites for hydroxylation is 1. The van der Waals surface area contributed by atoms with Crippen LogP contribution in [-0.2, 0) is 12.6 Å². The molecule has 21 heavy (non-hydrogen) atoms. The molecule has 0 bridgehead atoms. The molecule has 0 saturated carbocycles. The summed E-state index contributed by atoms with van der Waals surface area (Å²) >= 11 is 1.50. The first kappa shape index (κ1) is 15.8. The minimum absolute atomic E-state index is 0.0312. The van der Waals surface area contributed by atoms with Crippen molar-refractivity contribution in [2.24, 2.45) is 0 Å². The van der Waals surface area contributed by atoms with Crippen molar-refractivity contribution in [2.45, 2.75) is 32.5 Å². The molecular weight excluding hydrogens is 304 g/mol. The van der Waals surface area contributed by atoms with Crippen molar-refractivity contribution >= 4 is 17.0 Å². The van der Waals surface area contributed by atoms with E-state index in [1.54, 1.807) is 13.1 Å². The lowest BCUT2D eigenvalue weighted by Crippen LogP contribution is -2.10. The van der Waals surface area contributed by atoms with Crippen molar-refractivity contribution < 1.29 is 17.6 Å². The Hall–Kier alpha value is -1.63. The van der Waals surface area contributed by atoms with E-state index in [9.17, 15) is 17.6 Å². The van der Waals surface area contributed by atoms with E-state index in [4.69, 9.17) is 0 Å². The van der Waals surface area contributed by atoms with Gasteiger partial charge in [-0.1, -0.05) is 6.92 Å². The highest BCUT2D eigenvalue weighted by Crippen LogP contribution is 2.32. The summed E-state index contributed by atoms with van der Waals surface area (Å²) in [7, 11) is 0. The van der Waals surface area contributed by atoms with Crippen LogP contribution in [0.15, 0.2) is 24.4 Å². The molecule has 2 nitrogen and oxygen atoms in total. The average Bonchev–Trinajstić information content (AvgIpc) is 2.88. The van der Waals surface area contributed by atoms with Crippen LogP contribution in [0.1, 0.15) is 35.3 Å². The van der Waals surface area contributed by atoms with Crippen molar-refractivity contribution in [2.75, 3.05) is 5.32 Å². The zero-order valence-electron chi connectivity index (χ0n) is 11.5. The van der Waals surface area contributed by atoms with Gasteiger partial charge >= 0.3 is 6.18 Å². The molecule has 1 heterocycles. The molecule has 114 valence electrons. The molecular formula is C14H14F4N2S. The Bertz CT molecular complexity index is 622. The van der Waals surface area contributed by atoms with Gasteiger partial charge in [-0.15, -0.1) is 11.3 Å². The summed E-state index contributed by atoms with van der Waals surface area (Å²) in [6.07, 6.45) is -1.93. The smallest absolute Gasteiger partial charge is 0.374 e. The molecule has 1 unspecified atom stereocenters. The van der Waals surface area contributed by atoms with E-state index in [-0.39, 0.29) is 11.7 Å². The molecule has 7 heteroatoms. The maximum atomic E-state index is 13.7. The van der Waals surface area contributed by atoms with Crippen LogP contribution >= 0.6 is 11.3 Å². The van der Waals surface area contributed by atoms with Crippen LogP contribution in [0.4, 0.5) is 23.2 Å². The lowest BCUT2D eigenvalue weighted by Gasteiger charge is -2.15. The van der Waals surface area contributed by atoms with Gasteiger partial charge in [-0.25, -0.2) is 9.37 Å². The number of thiazole rings is 1. The van der Waals surface area contributed by atoms with Gasteiger partial charge in [0.15, 0.2) is 0 Å². The lowest BCUT2D eigenvalue weighted by molar-refractivity contribution is -0.137. The van der Waals surface area contributed by atoms with Crippen molar-refractivity contribution in [3.8, 4) is 0 Å². The van der Waals surface area contributed by atoms with Crippen LogP contribution in [0.5, 0.6) is 0 Å². The second kappa shape index (κ2) is 6.01. The maximum Gasteiger partial charge on any atom is 0.416 e. The largest absolute Gasteiger partial charge is 0.416 e. The summed E-state index contributed by atoms with van der Waals surface area (Å²) in [4.78, 5) is 5.33. The van der Waals surface area contributed by atoms with E-state index in [0.29, 0.717) is 6.07 Å². The van der Waals surface area contributed by atoms with Gasteiger partial charge in [0, 0.05) is 11.1 Å². The molecule has 0 amide bonds. The standard InChI is InChI=1S/C14H14F4N2S/c1-3-10-7-19-13(21-10)8(2)20-12-5-4-9(6-11(12)15)14(16,17)18/h4-8,20H,3H2,1-2H3. The summed E-state index contributed by atoms with van der Waals surface area (Å²) in [5.74, 6) is -0.927. The maximum absolute atomic E-state index is 13.7. The molecule has 0 aliphatic rings. The van der Waals surface area contributed by atoms with Crippen LogP contribution in [0.25, 0.3) is 0 Å². The summed E-state index contributed by atoms with van der Waals surface area (Å²) < 4.78 is 51.2. The first-order chi connectivity index (χ1) is 9.81. The highest BCUT2D eigenvalue weighted by Gasteiger charge is 2.31. The van der Waals surface area contributed by atoms with Crippen molar-refractivity contribution in [1.82, 2.24) is 4.98 Å². The Balaban J connectivity index is 2.16. The number of halogens is 4. The summed E-state index contributed by atoms with van der Waals surface area (Å²) in [5, 5.41) is 3.62. The fraction of sp³-hybridized carbons (Fsp3) is 0.357. The van der Waals surface area contributed by atoms with E-state index in [0.717, 1.165) is 28.4 Å². The molecule has 1 atom stereocenters. The van der Waals surface area contributed by atoms with Gasteiger partial charge in [0.1, 0.15) is 10.8 Å². The molecule has 0 fully saturated rings. The molecule has 0 radical (unpaired) electrons. The summed E-state index contributed by atoms with van der Waals surface area (Å²) in [5.41, 5.74) is -0.968. The van der Waals surface area contributed by atoms with Gasteiger partial charge in [0.05, 0.1) is 17.3 Å². The number of hydrogen-bond donors (Lipinski definition) is 1. The van der Waals surface area contributed by atoms with E-state index >= 15 is 0 Å². The quantitative estimate of drug-likeness (QED) is 0.799. The third-order valence-electron chi connectivity index (χ3n) is 2.96. The molecule has 2 aromatic rings. The highest BCUT2D eigenvalue weighted by atomic mass is 32.1. The normalized spacial score (nSPS) is 13.2. The first-order valence-electron chi connectivity index (χ1n) is 6.39. The third-order valence-corrected chi connectivity index (χ3v) is 4.28. The van der Waals surface area contributed by atoms with Gasteiger partial charge < -0.3 is 5.32 Å². The SMILES string of the molecule is CCc1cnc(C(C)Nc2ccc(C(F)(F)F)cc2F)s1. The molecule has 1 aromatic carbocycles. The number of hydrogen-bond acceptors (Lipinski definition) is 3. The number of rotatable bonds is 4. The molecule has 0 saturated heterocycles. The highest BCUT2D eigenvalue weighted by molar-refractivity contribution is 7.11. The zero-order chi connectivity index (χ0) is 15.6. The molecule has 0 spiro atoms. The Morgan fingerprint density at radius 3 is 2.57 bits per heavy atom. The number of aromatic nitrogens is 1. The molecule has 2 rings (SSSR count). The van der Waals surface area contributed by atoms with E-state index in [1.165, 1.54) is 11.3 Å². The van der Waals surface area contributed by atoms with Crippen LogP contribution in [0.3, 0.4) is 0 Å². The Morgan fingerprint density at radius 2 is 2.05 bits per heavy atom. The Kier molecular flexibility index (Phi) is 4.51. The van der Waals surface area contributed by atoms with Crippen molar-refractivity contribution in [3.05, 3.63) is 45.7 Å². The zero-order valence-corrected chi connectivity index (χ0v) is 12.3. The van der Waals surface area contributed by atoms with E-state index in [1.807, 2.05) is 6.92 Å². The number of alkyl halides is 3. The second-order valence-electron chi connectivity index (χ2n) is 4.58. The van der Waals surface area contributed by atoms with E-state index < -0.39 is 17.6 Å². The van der Waals surface area contributed by atoms with Crippen molar-refractivity contribution in [3.63, 3.8) is 0 Å². The number of anilines is 1. The second-order valence-corrected chi connectivity index (χ2v) is 5.72. The van der Waals surface area contributed by atoms with Crippen LogP contribution in [0.2, 0.25) is 0 Å². The summed E-state index contributed by atoms with van der Waals surface area (Å²) in [6, 6.07) is 2.18. The minimum Gasteiger partial charge on any atom is -0.374 e. The first-order valence-corrected chi connectivity index (χ1v) is 7.20. The number of nitrogens with zero attached hydrogens (tertiary/aromatic N) is 1. The fourth-order valence-electron chi connectivity index (χ4n) is 1.79. The van der Waals surface area contributed by atoms with Gasteiger partial charge in [0.2, 0.25) is 0 Å². The Morgan fingerprint density at radius 1 is 1.33 bits per heavy atom. The number of nitrogens with one attached hydrogen (secondary N) is 1. The minimum atomic E-state index is -4.55. The third kappa shape index (κ3) is 3.72. The van der Waals surface area contributed by atoms with Gasteiger partial charge in [-0.2, -0.15) is 13.2 Å². The molecule has 0 aliphatic carbocycles. The lowest BCUT2D eigenvalue weighted by atomic mass is 10.2. The van der Waals surface area contributed by atoms with Gasteiger partial charge in [0.25, 0.3) is 0 Å². The van der Waals surface area contributed by atoms with Crippen molar-refractivity contribution in [1.29, 1.82) is 0 Å². The predicted molar refractivity (Wildman–Crippen MR) is 74.9 cm³/mol. The monoisotopic (exact) mass is 318 g/mol. The molecule has 1 N–H and O–H groups in total. The summed E-state index contributed by atoms with van der Waals surface area (Å²) in [6.45, 7) is 3.79. The molecule has 1 aromatic heterocycles. The van der Waals surface area contributed by atoms with E-state index in [2.05, 4.69) is 10.3 Å².